The number of carbonyl (C=O) groups is 2. The highest BCUT2D eigenvalue weighted by Gasteiger charge is 2.29. The number of amides is 2. The number of carbonyl (C=O) groups excluding carboxylic acids is 2. The van der Waals surface area contributed by atoms with Gasteiger partial charge in [-0.3, -0.25) is 9.59 Å². The highest BCUT2D eigenvalue weighted by Crippen LogP contribution is 2.36. The fourth-order valence-electron chi connectivity index (χ4n) is 5.35. The van der Waals surface area contributed by atoms with Gasteiger partial charge in [0.05, 0.1) is 22.8 Å². The molecule has 0 saturated heterocycles. The Morgan fingerprint density at radius 1 is 1.21 bits per heavy atom. The maximum absolute atomic E-state index is 13.2. The maximum Gasteiger partial charge on any atom is 0.272 e. The lowest BCUT2D eigenvalue weighted by Crippen LogP contribution is -2.45. The average Bonchev–Trinajstić information content (AvgIpc) is 3.59. The van der Waals surface area contributed by atoms with E-state index in [2.05, 4.69) is 15.2 Å². The minimum Gasteiger partial charge on any atom is -0.343 e. The van der Waals surface area contributed by atoms with Crippen LogP contribution in [0, 0.1) is 5.92 Å². The lowest BCUT2D eigenvalue weighted by Gasteiger charge is -2.30. The first kappa shape index (κ1) is 24.5. The van der Waals surface area contributed by atoms with Crippen LogP contribution in [-0.2, 0) is 20.0 Å². The molecular formula is C28H32FN7O2. The summed E-state index contributed by atoms with van der Waals surface area (Å²) in [5.41, 5.74) is 11.1. The summed E-state index contributed by atoms with van der Waals surface area (Å²) in [6.45, 7) is 0.874. The second kappa shape index (κ2) is 9.20. The van der Waals surface area contributed by atoms with Crippen LogP contribution in [0.5, 0.6) is 0 Å². The Bertz CT molecular complexity index is 1580. The first-order chi connectivity index (χ1) is 18.2. The highest BCUT2D eigenvalue weighted by atomic mass is 19.1. The number of fused-ring (bicyclic) bond motifs is 3. The molecule has 0 unspecified atom stereocenters. The summed E-state index contributed by atoms with van der Waals surface area (Å²) in [5.74, 6) is 1.10. The molecule has 1 aromatic carbocycles. The summed E-state index contributed by atoms with van der Waals surface area (Å²) in [6.07, 6.45) is 3.04. The minimum atomic E-state index is -0.679. The van der Waals surface area contributed by atoms with Crippen molar-refractivity contribution >= 4 is 33.9 Å². The number of nitrogens with zero attached hydrogens (tertiary/aromatic N) is 6. The van der Waals surface area contributed by atoms with Crippen LogP contribution in [0.4, 0.5) is 4.39 Å². The fourth-order valence-corrected chi connectivity index (χ4v) is 5.35. The normalized spacial score (nSPS) is 16.3. The van der Waals surface area contributed by atoms with Crippen molar-refractivity contribution in [2.75, 3.05) is 33.9 Å². The van der Waals surface area contributed by atoms with Crippen LogP contribution < -0.4 is 5.73 Å². The highest BCUT2D eigenvalue weighted by molar-refractivity contribution is 6.01. The molecule has 10 heteroatoms. The molecule has 9 nitrogen and oxygen atoms in total. The standard InChI is InChI=1S/C28H32FN7O2/c1-33(2)28(38)21-7-6-18-11-24(36(25(18)31-21)14-16-4-5-16)26-32-22-12-20-17(10-23(22)34(26)3)8-9-35(27(20)37)15-19(30)13-29/h6-7,10-12,16,19H,4-5,8-9,13-15,30H2,1-3H3/t19-/m1/s1. The number of pyridine rings is 1. The van der Waals surface area contributed by atoms with Gasteiger partial charge in [-0.1, -0.05) is 0 Å². The molecule has 4 heterocycles. The Morgan fingerprint density at radius 3 is 2.71 bits per heavy atom. The smallest absolute Gasteiger partial charge is 0.272 e. The zero-order valence-corrected chi connectivity index (χ0v) is 21.9. The summed E-state index contributed by atoms with van der Waals surface area (Å²) in [6, 6.07) is 9.02. The Labute approximate surface area is 220 Å². The predicted octanol–water partition coefficient (Wildman–Crippen LogP) is 3.00. The first-order valence-electron chi connectivity index (χ1n) is 13.1. The van der Waals surface area contributed by atoms with E-state index in [-0.39, 0.29) is 18.4 Å². The molecule has 0 spiro atoms. The molecule has 0 bridgehead atoms. The van der Waals surface area contributed by atoms with Gasteiger partial charge in [-0.15, -0.1) is 0 Å². The first-order valence-corrected chi connectivity index (χ1v) is 13.1. The second-order valence-electron chi connectivity index (χ2n) is 10.8. The van der Waals surface area contributed by atoms with E-state index in [1.54, 1.807) is 25.1 Å². The van der Waals surface area contributed by atoms with Crippen molar-refractivity contribution in [3.05, 3.63) is 47.2 Å². The van der Waals surface area contributed by atoms with Gasteiger partial charge >= 0.3 is 0 Å². The van der Waals surface area contributed by atoms with Crippen LogP contribution in [-0.4, -0.2) is 80.6 Å². The van der Waals surface area contributed by atoms with Crippen molar-refractivity contribution < 1.29 is 14.0 Å². The van der Waals surface area contributed by atoms with Crippen molar-refractivity contribution in [3.8, 4) is 11.5 Å². The lowest BCUT2D eigenvalue weighted by atomic mass is 9.97. The van der Waals surface area contributed by atoms with Crippen LogP contribution in [0.1, 0.15) is 39.3 Å². The largest absolute Gasteiger partial charge is 0.343 e. The Balaban J connectivity index is 1.45. The Morgan fingerprint density at radius 2 is 2.00 bits per heavy atom. The predicted molar refractivity (Wildman–Crippen MR) is 144 cm³/mol. The zero-order valence-electron chi connectivity index (χ0n) is 21.9. The molecule has 1 saturated carbocycles. The zero-order chi connectivity index (χ0) is 26.7. The van der Waals surface area contributed by atoms with E-state index in [0.29, 0.717) is 30.1 Å². The van der Waals surface area contributed by atoms with Crippen LogP contribution in [0.15, 0.2) is 30.3 Å². The number of halogens is 1. The van der Waals surface area contributed by atoms with Crippen molar-refractivity contribution in [1.82, 2.24) is 28.9 Å². The lowest BCUT2D eigenvalue weighted by molar-refractivity contribution is 0.0724. The third kappa shape index (κ3) is 4.13. The summed E-state index contributed by atoms with van der Waals surface area (Å²) >= 11 is 0. The van der Waals surface area contributed by atoms with Crippen LogP contribution >= 0.6 is 0 Å². The van der Waals surface area contributed by atoms with E-state index < -0.39 is 12.7 Å². The molecule has 1 aliphatic heterocycles. The van der Waals surface area contributed by atoms with Crippen LogP contribution in [0.25, 0.3) is 33.6 Å². The van der Waals surface area contributed by atoms with Crippen LogP contribution in [0.2, 0.25) is 0 Å². The van der Waals surface area contributed by atoms with Gasteiger partial charge in [0, 0.05) is 51.7 Å². The van der Waals surface area contributed by atoms with E-state index in [0.717, 1.165) is 45.7 Å². The molecular weight excluding hydrogens is 485 g/mol. The average molecular weight is 518 g/mol. The minimum absolute atomic E-state index is 0.130. The van der Waals surface area contributed by atoms with Gasteiger partial charge in [-0.25, -0.2) is 14.4 Å². The Kier molecular flexibility index (Phi) is 5.94. The number of nitrogens with two attached hydrogens (primary N) is 1. The molecule has 198 valence electrons. The van der Waals surface area contributed by atoms with E-state index >= 15 is 0 Å². The quantitative estimate of drug-likeness (QED) is 0.406. The van der Waals surface area contributed by atoms with E-state index in [9.17, 15) is 14.0 Å². The van der Waals surface area contributed by atoms with Crippen molar-refractivity contribution in [1.29, 1.82) is 0 Å². The Hall–Kier alpha value is -3.79. The number of hydrogen-bond donors (Lipinski definition) is 1. The van der Waals surface area contributed by atoms with E-state index in [1.165, 1.54) is 17.7 Å². The molecule has 4 aromatic rings. The van der Waals surface area contributed by atoms with E-state index in [4.69, 9.17) is 15.7 Å². The number of rotatable bonds is 7. The molecule has 1 aliphatic carbocycles. The molecule has 2 N–H and O–H groups in total. The molecule has 0 radical (unpaired) electrons. The number of alkyl halides is 1. The van der Waals surface area contributed by atoms with Crippen LogP contribution in [0.3, 0.4) is 0 Å². The molecule has 2 aliphatic rings. The van der Waals surface area contributed by atoms with Gasteiger partial charge in [-0.05, 0) is 61.1 Å². The number of aryl methyl sites for hydroxylation is 1. The van der Waals surface area contributed by atoms with Gasteiger partial charge in [-0.2, -0.15) is 0 Å². The summed E-state index contributed by atoms with van der Waals surface area (Å²) < 4.78 is 17.2. The number of aromatic nitrogens is 4. The van der Waals surface area contributed by atoms with Crippen molar-refractivity contribution in [3.63, 3.8) is 0 Å². The topological polar surface area (TPSA) is 102 Å². The molecule has 1 fully saturated rings. The van der Waals surface area contributed by atoms with Crippen molar-refractivity contribution in [2.45, 2.75) is 31.8 Å². The van der Waals surface area contributed by atoms with Gasteiger partial charge in [0.25, 0.3) is 11.8 Å². The molecule has 6 rings (SSSR count). The number of imidazole rings is 1. The van der Waals surface area contributed by atoms with E-state index in [1.807, 2.05) is 25.2 Å². The van der Waals surface area contributed by atoms with Gasteiger partial charge in [0.1, 0.15) is 18.0 Å². The monoisotopic (exact) mass is 517 g/mol. The number of hydrogen-bond acceptors (Lipinski definition) is 5. The number of benzene rings is 1. The SMILES string of the molecule is CN(C)C(=O)c1ccc2cc(-c3nc4cc5c(cc4n3C)CCN(C[C@H](N)CF)C5=O)n(CC3CC3)c2n1. The molecule has 38 heavy (non-hydrogen) atoms. The molecule has 2 amide bonds. The van der Waals surface area contributed by atoms with Gasteiger partial charge in [0.2, 0.25) is 0 Å². The fraction of sp³-hybridized carbons (Fsp3) is 0.429. The molecule has 3 aromatic heterocycles. The summed E-state index contributed by atoms with van der Waals surface area (Å²) in [5, 5.41) is 0.956. The van der Waals surface area contributed by atoms with Crippen molar-refractivity contribution in [2.24, 2.45) is 18.7 Å². The third-order valence-electron chi connectivity index (χ3n) is 7.66. The third-order valence-corrected chi connectivity index (χ3v) is 7.66. The summed E-state index contributed by atoms with van der Waals surface area (Å²) in [7, 11) is 5.43. The van der Waals surface area contributed by atoms with Gasteiger partial charge < -0.3 is 24.7 Å². The second-order valence-corrected chi connectivity index (χ2v) is 10.8. The summed E-state index contributed by atoms with van der Waals surface area (Å²) in [4.78, 5) is 38.7. The van der Waals surface area contributed by atoms with Gasteiger partial charge in [0.15, 0.2) is 5.82 Å². The maximum atomic E-state index is 13.2. The molecule has 1 atom stereocenters.